The third-order valence-corrected chi connectivity index (χ3v) is 6.80. The molecule has 0 radical (unpaired) electrons. The second-order valence-electron chi connectivity index (χ2n) is 9.11. The van der Waals surface area contributed by atoms with Crippen molar-refractivity contribution in [1.29, 1.82) is 0 Å². The van der Waals surface area contributed by atoms with Crippen LogP contribution >= 0.6 is 0 Å². The van der Waals surface area contributed by atoms with Crippen molar-refractivity contribution in [2.75, 3.05) is 0 Å². The van der Waals surface area contributed by atoms with E-state index >= 15 is 4.39 Å². The van der Waals surface area contributed by atoms with Gasteiger partial charge in [-0.2, -0.15) is 0 Å². The summed E-state index contributed by atoms with van der Waals surface area (Å²) in [5.74, 6) is -4.77. The number of carbonyl (C=O) groups excluding carboxylic acids is 1. The predicted octanol–water partition coefficient (Wildman–Crippen LogP) is 6.13. The van der Waals surface area contributed by atoms with E-state index < -0.39 is 45.6 Å². The molecule has 0 N–H and O–H groups in total. The van der Waals surface area contributed by atoms with Crippen LogP contribution in [0.1, 0.15) is 68.7 Å². The van der Waals surface area contributed by atoms with Gasteiger partial charge >= 0.3 is 5.97 Å². The highest BCUT2D eigenvalue weighted by Gasteiger charge is 2.58. The molecule has 0 bridgehead atoms. The molecule has 5 rings (SSSR count). The van der Waals surface area contributed by atoms with E-state index in [1.54, 1.807) is 12.1 Å². The fourth-order valence-electron chi connectivity index (χ4n) is 5.17. The Bertz CT molecular complexity index is 1270. The Labute approximate surface area is 178 Å². The van der Waals surface area contributed by atoms with E-state index in [0.717, 1.165) is 22.3 Å². The molecule has 3 aromatic rings. The van der Waals surface area contributed by atoms with Gasteiger partial charge in [-0.3, -0.25) is 0 Å². The summed E-state index contributed by atoms with van der Waals surface area (Å²) in [4.78, 5) is 12.9. The number of rotatable bonds is 0. The predicted molar refractivity (Wildman–Crippen MR) is 111 cm³/mol. The molecule has 2 nitrogen and oxygen atoms in total. The van der Waals surface area contributed by atoms with Gasteiger partial charge in [0, 0.05) is 22.1 Å². The van der Waals surface area contributed by atoms with Crippen molar-refractivity contribution in [3.63, 3.8) is 0 Å². The average molecular weight is 422 g/mol. The fraction of sp³-hybridized carbons (Fsp3) is 0.269. The largest absolute Gasteiger partial charge is 0.440 e. The molecule has 0 fully saturated rings. The molecule has 1 aliphatic carbocycles. The lowest BCUT2D eigenvalue weighted by molar-refractivity contribution is 0.0223. The highest BCUT2D eigenvalue weighted by Crippen LogP contribution is 2.58. The SMILES string of the molecule is Cc1ccc2c(c1)C(C)(C)c1cc(C)ccc1C21OC(=O)c2c(F)c(F)c(C)c(F)c21. The van der Waals surface area contributed by atoms with E-state index in [2.05, 4.69) is 13.8 Å². The standard InChI is InChI=1S/C26H21F3O2/c1-12-6-8-15-17(10-12)25(4,5)18-11-13(2)7-9-16(18)26(15)20-19(24(30)31-26)23(29)22(28)14(3)21(20)27/h6-11H,1-5H3. The quantitative estimate of drug-likeness (QED) is 0.322. The van der Waals surface area contributed by atoms with Gasteiger partial charge < -0.3 is 4.74 Å². The van der Waals surface area contributed by atoms with E-state index in [0.29, 0.717) is 11.1 Å². The molecule has 1 aliphatic heterocycles. The third-order valence-electron chi connectivity index (χ3n) is 6.80. The van der Waals surface area contributed by atoms with Gasteiger partial charge in [-0.25, -0.2) is 18.0 Å². The lowest BCUT2D eigenvalue weighted by Crippen LogP contribution is -2.42. The molecule has 3 aromatic carbocycles. The van der Waals surface area contributed by atoms with E-state index in [4.69, 9.17) is 4.74 Å². The summed E-state index contributed by atoms with van der Waals surface area (Å²) in [6.07, 6.45) is 0. The van der Waals surface area contributed by atoms with Crippen LogP contribution in [-0.2, 0) is 15.8 Å². The Morgan fingerprint density at radius 1 is 0.742 bits per heavy atom. The van der Waals surface area contributed by atoms with Crippen molar-refractivity contribution in [2.24, 2.45) is 0 Å². The van der Waals surface area contributed by atoms with Gasteiger partial charge in [-0.15, -0.1) is 0 Å². The van der Waals surface area contributed by atoms with Gasteiger partial charge in [-0.05, 0) is 31.9 Å². The van der Waals surface area contributed by atoms with Crippen molar-refractivity contribution in [1.82, 2.24) is 0 Å². The molecule has 0 atom stereocenters. The fourth-order valence-corrected chi connectivity index (χ4v) is 5.17. The molecule has 0 amide bonds. The normalized spacial score (nSPS) is 17.2. The molecule has 0 unspecified atom stereocenters. The van der Waals surface area contributed by atoms with Gasteiger partial charge in [0.25, 0.3) is 0 Å². The van der Waals surface area contributed by atoms with Crippen LogP contribution < -0.4 is 0 Å². The first-order valence-electron chi connectivity index (χ1n) is 10.2. The molecule has 0 saturated carbocycles. The van der Waals surface area contributed by atoms with Crippen molar-refractivity contribution in [3.8, 4) is 0 Å². The van der Waals surface area contributed by atoms with Crippen LogP contribution in [-0.4, -0.2) is 5.97 Å². The average Bonchev–Trinajstić information content (AvgIpc) is 3.03. The molecule has 5 heteroatoms. The Kier molecular flexibility index (Phi) is 3.84. The summed E-state index contributed by atoms with van der Waals surface area (Å²) in [6, 6.07) is 11.3. The van der Waals surface area contributed by atoms with Gasteiger partial charge in [0.15, 0.2) is 17.2 Å². The van der Waals surface area contributed by atoms with Gasteiger partial charge in [0.05, 0.1) is 5.56 Å². The Morgan fingerprint density at radius 3 is 1.77 bits per heavy atom. The maximum Gasteiger partial charge on any atom is 0.343 e. The molecule has 0 saturated heterocycles. The second kappa shape index (κ2) is 6.00. The van der Waals surface area contributed by atoms with Crippen LogP contribution in [0.3, 0.4) is 0 Å². The van der Waals surface area contributed by atoms with Crippen LogP contribution in [0.4, 0.5) is 13.2 Å². The minimum absolute atomic E-state index is 0.250. The number of hydrogen-bond donors (Lipinski definition) is 0. The zero-order chi connectivity index (χ0) is 22.5. The first kappa shape index (κ1) is 19.9. The summed E-state index contributed by atoms with van der Waals surface area (Å²) >= 11 is 0. The minimum atomic E-state index is -1.68. The summed E-state index contributed by atoms with van der Waals surface area (Å²) in [5, 5.41) is 0. The van der Waals surface area contributed by atoms with Crippen molar-refractivity contribution < 1.29 is 22.7 Å². The van der Waals surface area contributed by atoms with Gasteiger partial charge in [0.2, 0.25) is 0 Å². The molecule has 1 spiro atoms. The van der Waals surface area contributed by atoms with Gasteiger partial charge in [0.1, 0.15) is 11.4 Å². The van der Waals surface area contributed by atoms with E-state index in [9.17, 15) is 13.6 Å². The zero-order valence-electron chi connectivity index (χ0n) is 17.9. The van der Waals surface area contributed by atoms with Crippen molar-refractivity contribution >= 4 is 5.97 Å². The van der Waals surface area contributed by atoms with Crippen LogP contribution in [0, 0.1) is 38.2 Å². The Balaban J connectivity index is 2.03. The Morgan fingerprint density at radius 2 is 1.26 bits per heavy atom. The topological polar surface area (TPSA) is 26.3 Å². The molecule has 158 valence electrons. The van der Waals surface area contributed by atoms with Crippen molar-refractivity contribution in [2.45, 2.75) is 45.6 Å². The number of halogens is 3. The summed E-state index contributed by atoms with van der Waals surface area (Å²) in [7, 11) is 0. The summed E-state index contributed by atoms with van der Waals surface area (Å²) in [6.45, 7) is 9.18. The van der Waals surface area contributed by atoms with E-state index in [-0.39, 0.29) is 5.56 Å². The Hall–Kier alpha value is -3.08. The maximum atomic E-state index is 15.6. The van der Waals surface area contributed by atoms with Crippen LogP contribution in [0.5, 0.6) is 0 Å². The number of aryl methyl sites for hydroxylation is 2. The monoisotopic (exact) mass is 422 g/mol. The molecule has 0 aromatic heterocycles. The number of fused-ring (bicyclic) bond motifs is 6. The van der Waals surface area contributed by atoms with E-state index in [1.165, 1.54) is 6.92 Å². The molecule has 2 aliphatic rings. The number of hydrogen-bond acceptors (Lipinski definition) is 2. The highest BCUT2D eigenvalue weighted by atomic mass is 19.2. The minimum Gasteiger partial charge on any atom is -0.440 e. The lowest BCUT2D eigenvalue weighted by Gasteiger charge is -2.44. The molecular weight excluding hydrogens is 401 g/mol. The summed E-state index contributed by atoms with van der Waals surface area (Å²) < 4.78 is 50.8. The van der Waals surface area contributed by atoms with Crippen LogP contribution in [0.25, 0.3) is 0 Å². The second-order valence-corrected chi connectivity index (χ2v) is 9.11. The van der Waals surface area contributed by atoms with E-state index in [1.807, 2.05) is 38.1 Å². The molecule has 31 heavy (non-hydrogen) atoms. The van der Waals surface area contributed by atoms with Crippen LogP contribution in [0.2, 0.25) is 0 Å². The lowest BCUT2D eigenvalue weighted by atomic mass is 9.61. The first-order valence-corrected chi connectivity index (χ1v) is 10.2. The first-order chi connectivity index (χ1) is 14.5. The third kappa shape index (κ3) is 2.26. The number of carbonyl (C=O) groups is 1. The smallest absolute Gasteiger partial charge is 0.343 e. The highest BCUT2D eigenvalue weighted by molar-refractivity contribution is 5.97. The maximum absolute atomic E-state index is 15.6. The number of benzene rings is 3. The number of ether oxygens (including phenoxy) is 1. The number of esters is 1. The zero-order valence-corrected chi connectivity index (χ0v) is 17.9. The summed E-state index contributed by atoms with van der Waals surface area (Å²) in [5.41, 5.74) is 1.27. The molecular formula is C26H21F3O2. The van der Waals surface area contributed by atoms with Crippen molar-refractivity contribution in [3.05, 3.63) is 104 Å². The van der Waals surface area contributed by atoms with Gasteiger partial charge in [-0.1, -0.05) is 61.4 Å². The molecule has 1 heterocycles. The van der Waals surface area contributed by atoms with Crippen LogP contribution in [0.15, 0.2) is 36.4 Å².